The highest BCUT2D eigenvalue weighted by Gasteiger charge is 2.25. The summed E-state index contributed by atoms with van der Waals surface area (Å²) in [6.07, 6.45) is 2.36. The van der Waals surface area contributed by atoms with Crippen molar-refractivity contribution in [2.24, 2.45) is 5.92 Å². The van der Waals surface area contributed by atoms with Crippen molar-refractivity contribution in [2.45, 2.75) is 32.1 Å². The standard InChI is InChI=1S/C16H22N2O3/c1-2-5-12(15(19)20)9-17-16(21)18-10-13-8-11-6-3-4-7-14(11)13/h3-4,6-7,12-13H,2,5,8-10H2,1H3,(H,19,20)(H2,17,18,21). The minimum Gasteiger partial charge on any atom is -0.481 e. The highest BCUT2D eigenvalue weighted by Crippen LogP contribution is 2.33. The minimum atomic E-state index is -0.856. The van der Waals surface area contributed by atoms with Crippen LogP contribution in [0.15, 0.2) is 24.3 Å². The van der Waals surface area contributed by atoms with Crippen LogP contribution >= 0.6 is 0 Å². The minimum absolute atomic E-state index is 0.177. The van der Waals surface area contributed by atoms with Crippen LogP contribution in [-0.2, 0) is 11.2 Å². The molecule has 1 aromatic carbocycles. The van der Waals surface area contributed by atoms with Crippen molar-refractivity contribution in [3.05, 3.63) is 35.4 Å². The summed E-state index contributed by atoms with van der Waals surface area (Å²) >= 11 is 0. The molecule has 2 unspecified atom stereocenters. The van der Waals surface area contributed by atoms with E-state index in [2.05, 4.69) is 22.8 Å². The van der Waals surface area contributed by atoms with Gasteiger partial charge < -0.3 is 15.7 Å². The zero-order valence-corrected chi connectivity index (χ0v) is 12.3. The second kappa shape index (κ2) is 7.11. The molecule has 2 atom stereocenters. The summed E-state index contributed by atoms with van der Waals surface area (Å²) in [5, 5.41) is 14.5. The second-order valence-electron chi connectivity index (χ2n) is 5.51. The largest absolute Gasteiger partial charge is 0.481 e. The normalized spacial score (nSPS) is 17.3. The molecule has 5 nitrogen and oxygen atoms in total. The summed E-state index contributed by atoms with van der Waals surface area (Å²) in [6, 6.07) is 7.93. The fourth-order valence-electron chi connectivity index (χ4n) is 2.70. The first kappa shape index (κ1) is 15.4. The predicted molar refractivity (Wildman–Crippen MR) is 80.3 cm³/mol. The first-order valence-corrected chi connectivity index (χ1v) is 7.44. The number of carbonyl (C=O) groups excluding carboxylic acids is 1. The van der Waals surface area contributed by atoms with Crippen LogP contribution in [-0.4, -0.2) is 30.2 Å². The smallest absolute Gasteiger partial charge is 0.314 e. The molecule has 0 fully saturated rings. The molecular formula is C16H22N2O3. The lowest BCUT2D eigenvalue weighted by Crippen LogP contribution is -2.42. The van der Waals surface area contributed by atoms with Crippen LogP contribution < -0.4 is 10.6 Å². The SMILES string of the molecule is CCCC(CNC(=O)NCC1Cc2ccccc21)C(=O)O. The van der Waals surface area contributed by atoms with Crippen molar-refractivity contribution in [2.75, 3.05) is 13.1 Å². The van der Waals surface area contributed by atoms with Gasteiger partial charge in [0.05, 0.1) is 5.92 Å². The molecule has 0 spiro atoms. The summed E-state index contributed by atoms with van der Waals surface area (Å²) in [5.41, 5.74) is 2.64. The van der Waals surface area contributed by atoms with Gasteiger partial charge in [-0.15, -0.1) is 0 Å². The van der Waals surface area contributed by atoms with Gasteiger partial charge in [-0.3, -0.25) is 4.79 Å². The molecule has 3 N–H and O–H groups in total. The van der Waals surface area contributed by atoms with E-state index in [0.717, 1.165) is 12.8 Å². The third kappa shape index (κ3) is 3.97. The van der Waals surface area contributed by atoms with E-state index in [1.54, 1.807) is 0 Å². The number of aliphatic carboxylic acids is 1. The molecule has 0 saturated carbocycles. The predicted octanol–water partition coefficient (Wildman–Crippen LogP) is 2.13. The Kier molecular flexibility index (Phi) is 5.20. The summed E-state index contributed by atoms with van der Waals surface area (Å²) in [7, 11) is 0. The van der Waals surface area contributed by atoms with Gasteiger partial charge in [-0.1, -0.05) is 37.6 Å². The Labute approximate surface area is 124 Å². The number of carbonyl (C=O) groups is 2. The van der Waals surface area contributed by atoms with Crippen molar-refractivity contribution in [1.82, 2.24) is 10.6 Å². The van der Waals surface area contributed by atoms with E-state index in [1.165, 1.54) is 11.1 Å². The number of amides is 2. The molecule has 0 heterocycles. The molecule has 0 bridgehead atoms. The van der Waals surface area contributed by atoms with E-state index in [9.17, 15) is 9.59 Å². The molecule has 0 aromatic heterocycles. The van der Waals surface area contributed by atoms with Gasteiger partial charge in [0.1, 0.15) is 0 Å². The summed E-state index contributed by atoms with van der Waals surface area (Å²) in [5.74, 6) is -0.992. The van der Waals surface area contributed by atoms with Gasteiger partial charge in [-0.2, -0.15) is 0 Å². The lowest BCUT2D eigenvalue weighted by molar-refractivity contribution is -0.141. The molecule has 5 heteroatoms. The number of fused-ring (bicyclic) bond motifs is 1. The molecular weight excluding hydrogens is 268 g/mol. The van der Waals surface area contributed by atoms with Gasteiger partial charge in [0, 0.05) is 19.0 Å². The van der Waals surface area contributed by atoms with Crippen molar-refractivity contribution >= 4 is 12.0 Å². The maximum Gasteiger partial charge on any atom is 0.314 e. The van der Waals surface area contributed by atoms with E-state index < -0.39 is 11.9 Å². The van der Waals surface area contributed by atoms with E-state index in [-0.39, 0.29) is 12.6 Å². The fourth-order valence-corrected chi connectivity index (χ4v) is 2.70. The molecule has 1 aliphatic rings. The van der Waals surface area contributed by atoms with Crippen LogP contribution in [0.25, 0.3) is 0 Å². The van der Waals surface area contributed by atoms with Crippen LogP contribution in [0.2, 0.25) is 0 Å². The third-order valence-electron chi connectivity index (χ3n) is 3.97. The van der Waals surface area contributed by atoms with Gasteiger partial charge in [-0.25, -0.2) is 4.79 Å². The average Bonchev–Trinajstić information content (AvgIpc) is 2.44. The molecule has 0 saturated heterocycles. The van der Waals surface area contributed by atoms with Gasteiger partial charge in [0.25, 0.3) is 0 Å². The summed E-state index contributed by atoms with van der Waals surface area (Å²) in [6.45, 7) is 2.70. The van der Waals surface area contributed by atoms with Gasteiger partial charge in [-0.05, 0) is 24.0 Å². The lowest BCUT2D eigenvalue weighted by Gasteiger charge is -2.30. The maximum atomic E-state index is 11.7. The van der Waals surface area contributed by atoms with Crippen molar-refractivity contribution in [3.63, 3.8) is 0 Å². The number of benzene rings is 1. The maximum absolute atomic E-state index is 11.7. The zero-order chi connectivity index (χ0) is 15.2. The van der Waals surface area contributed by atoms with Crippen LogP contribution in [0, 0.1) is 5.92 Å². The second-order valence-corrected chi connectivity index (χ2v) is 5.51. The molecule has 21 heavy (non-hydrogen) atoms. The van der Waals surface area contributed by atoms with Gasteiger partial charge >= 0.3 is 12.0 Å². The number of rotatable bonds is 7. The number of hydrogen-bond acceptors (Lipinski definition) is 2. The van der Waals surface area contributed by atoms with Crippen LogP contribution in [0.4, 0.5) is 4.79 Å². The molecule has 0 aliphatic heterocycles. The number of carboxylic acid groups (broad SMARTS) is 1. The van der Waals surface area contributed by atoms with E-state index in [1.807, 2.05) is 19.1 Å². The van der Waals surface area contributed by atoms with Crippen LogP contribution in [0.5, 0.6) is 0 Å². The Balaban J connectivity index is 1.70. The molecule has 0 radical (unpaired) electrons. The van der Waals surface area contributed by atoms with Crippen molar-refractivity contribution in [3.8, 4) is 0 Å². The fraction of sp³-hybridized carbons (Fsp3) is 0.500. The number of urea groups is 1. The Hall–Kier alpha value is -2.04. The number of carboxylic acids is 1. The average molecular weight is 290 g/mol. The monoisotopic (exact) mass is 290 g/mol. The van der Waals surface area contributed by atoms with E-state index >= 15 is 0 Å². The first-order valence-electron chi connectivity index (χ1n) is 7.44. The topological polar surface area (TPSA) is 78.4 Å². The van der Waals surface area contributed by atoms with Crippen molar-refractivity contribution in [1.29, 1.82) is 0 Å². The molecule has 2 rings (SSSR count). The quantitative estimate of drug-likeness (QED) is 0.720. The van der Waals surface area contributed by atoms with E-state index in [0.29, 0.717) is 18.9 Å². The third-order valence-corrected chi connectivity index (χ3v) is 3.97. The number of hydrogen-bond donors (Lipinski definition) is 3. The molecule has 1 aliphatic carbocycles. The highest BCUT2D eigenvalue weighted by atomic mass is 16.4. The Morgan fingerprint density at radius 1 is 1.33 bits per heavy atom. The molecule has 114 valence electrons. The number of nitrogens with one attached hydrogen (secondary N) is 2. The van der Waals surface area contributed by atoms with Crippen LogP contribution in [0.1, 0.15) is 36.8 Å². The Morgan fingerprint density at radius 3 is 2.76 bits per heavy atom. The zero-order valence-electron chi connectivity index (χ0n) is 12.3. The summed E-state index contributed by atoms with van der Waals surface area (Å²) < 4.78 is 0. The van der Waals surface area contributed by atoms with Crippen molar-refractivity contribution < 1.29 is 14.7 Å². The lowest BCUT2D eigenvalue weighted by atomic mass is 9.78. The van der Waals surface area contributed by atoms with Crippen LogP contribution in [0.3, 0.4) is 0 Å². The highest BCUT2D eigenvalue weighted by molar-refractivity contribution is 5.76. The van der Waals surface area contributed by atoms with E-state index in [4.69, 9.17) is 5.11 Å². The first-order chi connectivity index (χ1) is 10.1. The Bertz CT molecular complexity index is 516. The van der Waals surface area contributed by atoms with Gasteiger partial charge in [0.2, 0.25) is 0 Å². The Morgan fingerprint density at radius 2 is 2.10 bits per heavy atom. The molecule has 1 aromatic rings. The molecule has 2 amide bonds. The van der Waals surface area contributed by atoms with Gasteiger partial charge in [0.15, 0.2) is 0 Å². The summed E-state index contributed by atoms with van der Waals surface area (Å²) in [4.78, 5) is 22.7.